The first-order valence-electron chi connectivity index (χ1n) is 23.1. The molecule has 0 aromatic carbocycles. The summed E-state index contributed by atoms with van der Waals surface area (Å²) in [5, 5.41) is 50.1. The maximum Gasteiger partial charge on any atom is 0.472 e. The van der Waals surface area contributed by atoms with Gasteiger partial charge in [-0.2, -0.15) is 0 Å². The van der Waals surface area contributed by atoms with Gasteiger partial charge in [-0.25, -0.2) is 4.57 Å². The Hall–Kier alpha value is -1.67. The van der Waals surface area contributed by atoms with Crippen LogP contribution in [0.3, 0.4) is 0 Å². The Labute approximate surface area is 356 Å². The highest BCUT2D eigenvalue weighted by molar-refractivity contribution is 7.47. The number of unbranched alkanes of at least 4 members (excludes halogenated alkanes) is 22. The number of phosphoric acid groups is 1. The Morgan fingerprint density at radius 1 is 0.525 bits per heavy atom. The molecule has 1 fully saturated rings. The number of phosphoric ester groups is 1. The minimum Gasteiger partial charge on any atom is -0.462 e. The molecule has 59 heavy (non-hydrogen) atoms. The van der Waals surface area contributed by atoms with Crippen LogP contribution in [0.15, 0.2) is 24.3 Å². The lowest BCUT2D eigenvalue weighted by Crippen LogP contribution is -2.64. The van der Waals surface area contributed by atoms with Gasteiger partial charge in [-0.1, -0.05) is 160 Å². The third kappa shape index (κ3) is 28.5. The fourth-order valence-corrected chi connectivity index (χ4v) is 8.00. The van der Waals surface area contributed by atoms with E-state index in [1.54, 1.807) is 0 Å². The van der Waals surface area contributed by atoms with E-state index in [2.05, 4.69) is 38.2 Å². The van der Waals surface area contributed by atoms with Gasteiger partial charge < -0.3 is 39.9 Å². The van der Waals surface area contributed by atoms with Crippen LogP contribution in [0, 0.1) is 0 Å². The molecule has 0 amide bonds. The summed E-state index contributed by atoms with van der Waals surface area (Å²) in [6.45, 7) is 3.27. The molecular formula is C45H83O13P. The van der Waals surface area contributed by atoms with E-state index >= 15 is 0 Å². The van der Waals surface area contributed by atoms with Crippen LogP contribution in [0.5, 0.6) is 0 Å². The first-order valence-corrected chi connectivity index (χ1v) is 24.6. The molecule has 0 radical (unpaired) electrons. The molecule has 0 aromatic rings. The molecule has 1 saturated carbocycles. The minimum absolute atomic E-state index is 0.0834. The molecule has 0 aliphatic heterocycles. The number of carbonyl (C=O) groups excluding carboxylic acids is 2. The summed E-state index contributed by atoms with van der Waals surface area (Å²) in [6, 6.07) is 0. The highest BCUT2D eigenvalue weighted by Crippen LogP contribution is 2.47. The van der Waals surface area contributed by atoms with Crippen molar-refractivity contribution in [2.75, 3.05) is 13.2 Å². The molecule has 346 valence electrons. The van der Waals surface area contributed by atoms with E-state index in [-0.39, 0.29) is 12.8 Å². The number of esters is 2. The van der Waals surface area contributed by atoms with Gasteiger partial charge in [0, 0.05) is 12.8 Å². The molecule has 0 aromatic heterocycles. The van der Waals surface area contributed by atoms with Crippen LogP contribution in [-0.2, 0) is 32.7 Å². The Bertz CT molecular complexity index is 1130. The van der Waals surface area contributed by atoms with Crippen LogP contribution < -0.4 is 0 Å². The smallest absolute Gasteiger partial charge is 0.462 e. The maximum absolute atomic E-state index is 12.8. The van der Waals surface area contributed by atoms with Crippen molar-refractivity contribution in [2.45, 2.75) is 236 Å². The average molecular weight is 863 g/mol. The number of hydrogen-bond acceptors (Lipinski definition) is 12. The number of carbonyl (C=O) groups is 2. The number of aliphatic hydroxyl groups excluding tert-OH is 5. The van der Waals surface area contributed by atoms with Crippen molar-refractivity contribution in [3.05, 3.63) is 24.3 Å². The number of hydrogen-bond donors (Lipinski definition) is 6. The summed E-state index contributed by atoms with van der Waals surface area (Å²) in [7, 11) is -5.12. The van der Waals surface area contributed by atoms with E-state index in [0.29, 0.717) is 12.8 Å². The van der Waals surface area contributed by atoms with Crippen molar-refractivity contribution in [3.63, 3.8) is 0 Å². The maximum atomic E-state index is 12.8. The summed E-state index contributed by atoms with van der Waals surface area (Å²) < 4.78 is 33.5. The van der Waals surface area contributed by atoms with Crippen LogP contribution in [0.2, 0.25) is 0 Å². The van der Waals surface area contributed by atoms with Crippen LogP contribution in [0.1, 0.15) is 194 Å². The van der Waals surface area contributed by atoms with Gasteiger partial charge in [0.05, 0.1) is 6.61 Å². The largest absolute Gasteiger partial charge is 0.472 e. The molecule has 0 saturated heterocycles. The van der Waals surface area contributed by atoms with Crippen LogP contribution in [0.25, 0.3) is 0 Å². The van der Waals surface area contributed by atoms with E-state index in [4.69, 9.17) is 18.5 Å². The molecule has 1 rings (SSSR count). The van der Waals surface area contributed by atoms with Gasteiger partial charge in [-0.15, -0.1) is 0 Å². The van der Waals surface area contributed by atoms with Crippen molar-refractivity contribution in [1.29, 1.82) is 0 Å². The number of rotatable bonds is 38. The lowest BCUT2D eigenvalue weighted by Gasteiger charge is -2.41. The lowest BCUT2D eigenvalue weighted by molar-refractivity contribution is -0.220. The molecule has 13 nitrogen and oxygen atoms in total. The molecule has 6 N–H and O–H groups in total. The SMILES string of the molecule is CCCCCC/C=C\C/C=C\CCCCCCCC(=O)OC(COC(=O)CCCCCCCCCCCCCCCC)COP(=O)(O)OC1C(O)C(O)C(O)C(O)C1O. The van der Waals surface area contributed by atoms with Gasteiger partial charge in [0.25, 0.3) is 0 Å². The van der Waals surface area contributed by atoms with E-state index in [0.717, 1.165) is 64.2 Å². The molecule has 0 bridgehead atoms. The van der Waals surface area contributed by atoms with Crippen molar-refractivity contribution in [2.24, 2.45) is 0 Å². The zero-order valence-corrected chi connectivity index (χ0v) is 37.4. The quantitative estimate of drug-likeness (QED) is 0.0149. The fraction of sp³-hybridized carbons (Fsp3) is 0.867. The fourth-order valence-electron chi connectivity index (χ4n) is 7.02. The topological polar surface area (TPSA) is 210 Å². The molecule has 1 aliphatic rings. The second kappa shape index (κ2) is 35.9. The van der Waals surface area contributed by atoms with E-state index in [1.807, 2.05) is 0 Å². The highest BCUT2D eigenvalue weighted by atomic mass is 31.2. The van der Waals surface area contributed by atoms with Crippen LogP contribution >= 0.6 is 7.82 Å². The van der Waals surface area contributed by atoms with Gasteiger partial charge >= 0.3 is 19.8 Å². The Kier molecular flexibility index (Phi) is 33.7. The molecule has 6 atom stereocenters. The van der Waals surface area contributed by atoms with E-state index < -0.39 is 75.7 Å². The van der Waals surface area contributed by atoms with Crippen molar-refractivity contribution in [3.8, 4) is 0 Å². The second-order valence-electron chi connectivity index (χ2n) is 16.3. The molecular weight excluding hydrogens is 779 g/mol. The summed E-state index contributed by atoms with van der Waals surface area (Å²) in [4.78, 5) is 35.7. The Morgan fingerprint density at radius 3 is 1.39 bits per heavy atom. The van der Waals surface area contributed by atoms with Gasteiger partial charge in [0.15, 0.2) is 6.10 Å². The van der Waals surface area contributed by atoms with Crippen molar-refractivity contribution < 1.29 is 63.1 Å². The first-order chi connectivity index (χ1) is 28.4. The highest BCUT2D eigenvalue weighted by Gasteiger charge is 2.51. The van der Waals surface area contributed by atoms with E-state index in [1.165, 1.54) is 89.9 Å². The van der Waals surface area contributed by atoms with Gasteiger partial charge in [0.1, 0.15) is 43.2 Å². The van der Waals surface area contributed by atoms with Crippen LogP contribution in [0.4, 0.5) is 0 Å². The number of allylic oxidation sites excluding steroid dienone is 4. The third-order valence-corrected chi connectivity index (χ3v) is 11.8. The molecule has 14 heteroatoms. The normalized spacial score (nSPS) is 22.5. The summed E-state index contributed by atoms with van der Waals surface area (Å²) in [5.41, 5.74) is 0. The minimum atomic E-state index is -5.12. The standard InChI is InChI=1S/C45H83O13P/c1-3-5-7-9-11-13-15-17-19-20-22-24-26-28-30-32-34-39(47)57-37(36-56-59(53,54)58-45-43(51)41(49)40(48)42(50)44(45)52)35-55-38(46)33-31-29-27-25-23-21-18-16-14-12-10-8-6-4-2/h13,15,19-20,37,40-45,48-52H,3-12,14,16-18,21-36H2,1-2H3,(H,53,54)/b15-13-,20-19-. The van der Waals surface area contributed by atoms with Crippen LogP contribution in [-0.4, -0.2) is 98.3 Å². The molecule has 6 unspecified atom stereocenters. The average Bonchev–Trinajstić information content (AvgIpc) is 3.21. The number of aliphatic hydroxyl groups is 5. The Balaban J connectivity index is 2.47. The van der Waals surface area contributed by atoms with E-state index in [9.17, 15) is 44.6 Å². The lowest BCUT2D eigenvalue weighted by atomic mass is 9.85. The summed E-state index contributed by atoms with van der Waals surface area (Å²) in [5.74, 6) is -1.11. The molecule has 1 aliphatic carbocycles. The number of ether oxygens (including phenoxy) is 2. The Morgan fingerprint density at radius 2 is 0.915 bits per heavy atom. The third-order valence-electron chi connectivity index (χ3n) is 10.8. The van der Waals surface area contributed by atoms with Gasteiger partial charge in [-0.3, -0.25) is 18.6 Å². The predicted molar refractivity (Wildman–Crippen MR) is 230 cm³/mol. The summed E-state index contributed by atoms with van der Waals surface area (Å²) in [6.07, 6.45) is 25.1. The summed E-state index contributed by atoms with van der Waals surface area (Å²) >= 11 is 0. The second-order valence-corrected chi connectivity index (χ2v) is 17.7. The van der Waals surface area contributed by atoms with Gasteiger partial charge in [0.2, 0.25) is 0 Å². The van der Waals surface area contributed by atoms with Gasteiger partial charge in [-0.05, 0) is 44.9 Å². The van der Waals surface area contributed by atoms with Crippen molar-refractivity contribution >= 4 is 19.8 Å². The molecule has 0 heterocycles. The van der Waals surface area contributed by atoms with Crippen molar-refractivity contribution in [1.82, 2.24) is 0 Å². The predicted octanol–water partition coefficient (Wildman–Crippen LogP) is 8.84. The monoisotopic (exact) mass is 863 g/mol. The zero-order chi connectivity index (χ0) is 43.6. The zero-order valence-electron chi connectivity index (χ0n) is 36.6. The first kappa shape index (κ1) is 55.3. The molecule has 0 spiro atoms.